The minimum atomic E-state index is 0.110. The molecular formula is C22H23N5OS. The highest BCUT2D eigenvalue weighted by atomic mass is 32.1. The fourth-order valence-electron chi connectivity index (χ4n) is 4.11. The quantitative estimate of drug-likeness (QED) is 0.496. The minimum absolute atomic E-state index is 0.110. The SMILES string of the molecule is O=C(c1csc2nc(-c3ccccc3)cn12)N1CCCCC1CCn1cccn1. The van der Waals surface area contributed by atoms with Crippen molar-refractivity contribution in [3.63, 3.8) is 0 Å². The third kappa shape index (κ3) is 3.58. The maximum Gasteiger partial charge on any atom is 0.271 e. The van der Waals surface area contributed by atoms with Crippen LogP contribution in [0, 0.1) is 0 Å². The zero-order chi connectivity index (χ0) is 19.6. The number of hydrogen-bond donors (Lipinski definition) is 0. The minimum Gasteiger partial charge on any atom is -0.334 e. The van der Waals surface area contributed by atoms with Crippen LogP contribution >= 0.6 is 11.3 Å². The summed E-state index contributed by atoms with van der Waals surface area (Å²) in [7, 11) is 0. The van der Waals surface area contributed by atoms with Crippen LogP contribution in [0.2, 0.25) is 0 Å². The smallest absolute Gasteiger partial charge is 0.271 e. The highest BCUT2D eigenvalue weighted by molar-refractivity contribution is 7.15. The summed E-state index contributed by atoms with van der Waals surface area (Å²) in [6, 6.07) is 12.3. The van der Waals surface area contributed by atoms with Crippen LogP contribution in [0.4, 0.5) is 0 Å². The molecule has 1 saturated heterocycles. The van der Waals surface area contributed by atoms with Gasteiger partial charge in [0.2, 0.25) is 0 Å². The van der Waals surface area contributed by atoms with Gasteiger partial charge >= 0.3 is 0 Å². The van der Waals surface area contributed by atoms with E-state index in [1.165, 1.54) is 17.8 Å². The van der Waals surface area contributed by atoms with Crippen LogP contribution in [0.25, 0.3) is 16.2 Å². The van der Waals surface area contributed by atoms with Crippen molar-refractivity contribution < 1.29 is 4.79 Å². The Morgan fingerprint density at radius 3 is 2.90 bits per heavy atom. The summed E-state index contributed by atoms with van der Waals surface area (Å²) < 4.78 is 3.90. The van der Waals surface area contributed by atoms with Crippen molar-refractivity contribution in [1.29, 1.82) is 0 Å². The number of thiazole rings is 1. The van der Waals surface area contributed by atoms with E-state index in [-0.39, 0.29) is 11.9 Å². The van der Waals surface area contributed by atoms with E-state index in [2.05, 4.69) is 10.00 Å². The molecule has 1 fully saturated rings. The van der Waals surface area contributed by atoms with E-state index in [0.717, 1.165) is 48.6 Å². The average molecular weight is 406 g/mol. The number of benzene rings is 1. The summed E-state index contributed by atoms with van der Waals surface area (Å²) in [6.07, 6.45) is 9.99. The van der Waals surface area contributed by atoms with Crippen molar-refractivity contribution in [2.75, 3.05) is 6.54 Å². The lowest BCUT2D eigenvalue weighted by molar-refractivity contribution is 0.0587. The lowest BCUT2D eigenvalue weighted by Gasteiger charge is -2.35. The van der Waals surface area contributed by atoms with Crippen LogP contribution in [0.1, 0.15) is 36.2 Å². The first kappa shape index (κ1) is 18.1. The Morgan fingerprint density at radius 2 is 2.07 bits per heavy atom. The lowest BCUT2D eigenvalue weighted by atomic mass is 9.99. The molecule has 1 aliphatic rings. The van der Waals surface area contributed by atoms with Crippen molar-refractivity contribution in [1.82, 2.24) is 24.1 Å². The van der Waals surface area contributed by atoms with Crippen molar-refractivity contribution in [3.05, 3.63) is 66.1 Å². The van der Waals surface area contributed by atoms with Crippen LogP contribution in [0.5, 0.6) is 0 Å². The average Bonchev–Trinajstić information content (AvgIpc) is 3.50. The standard InChI is InChI=1S/C22H23N5OS/c28-21(26-13-5-4-9-18(26)10-14-25-12-6-11-23-25)20-16-29-22-24-19(15-27(20)22)17-7-2-1-3-8-17/h1-3,6-8,11-12,15-16,18H,4-5,9-10,13-14H2. The number of imidazole rings is 1. The molecule has 5 rings (SSSR count). The molecule has 1 aliphatic heterocycles. The Hall–Kier alpha value is -2.93. The molecule has 148 valence electrons. The predicted molar refractivity (Wildman–Crippen MR) is 114 cm³/mol. The van der Waals surface area contributed by atoms with E-state index < -0.39 is 0 Å². The van der Waals surface area contributed by atoms with Crippen LogP contribution in [-0.2, 0) is 6.54 Å². The molecule has 0 bridgehead atoms. The van der Waals surface area contributed by atoms with Crippen molar-refractivity contribution in [2.24, 2.45) is 0 Å². The number of nitrogens with zero attached hydrogens (tertiary/aromatic N) is 5. The number of likely N-dealkylation sites (tertiary alicyclic amines) is 1. The van der Waals surface area contributed by atoms with Crippen LogP contribution < -0.4 is 0 Å². The Kier molecular flexibility index (Phi) is 4.89. The molecule has 1 amide bonds. The molecule has 1 atom stereocenters. The summed E-state index contributed by atoms with van der Waals surface area (Å²) in [5.41, 5.74) is 2.68. The van der Waals surface area contributed by atoms with Gasteiger partial charge in [-0.05, 0) is 31.7 Å². The summed E-state index contributed by atoms with van der Waals surface area (Å²) in [6.45, 7) is 1.66. The molecular weight excluding hydrogens is 382 g/mol. The number of amides is 1. The maximum atomic E-state index is 13.5. The molecule has 4 heterocycles. The number of hydrogen-bond acceptors (Lipinski definition) is 4. The molecule has 0 spiro atoms. The topological polar surface area (TPSA) is 55.4 Å². The summed E-state index contributed by atoms with van der Waals surface area (Å²) in [5, 5.41) is 6.24. The van der Waals surface area contributed by atoms with Gasteiger partial charge in [-0.15, -0.1) is 11.3 Å². The molecule has 4 aromatic rings. The van der Waals surface area contributed by atoms with Crippen molar-refractivity contribution >= 4 is 22.2 Å². The van der Waals surface area contributed by atoms with E-state index in [1.807, 2.05) is 63.3 Å². The Labute approximate surface area is 173 Å². The van der Waals surface area contributed by atoms with E-state index in [1.54, 1.807) is 6.20 Å². The second kappa shape index (κ2) is 7.83. The van der Waals surface area contributed by atoms with Gasteiger partial charge in [-0.25, -0.2) is 4.98 Å². The monoisotopic (exact) mass is 405 g/mol. The Balaban J connectivity index is 1.39. The molecule has 0 aliphatic carbocycles. The first-order valence-electron chi connectivity index (χ1n) is 10.1. The predicted octanol–water partition coefficient (Wildman–Crippen LogP) is 4.34. The molecule has 7 heteroatoms. The number of fused-ring (bicyclic) bond motifs is 1. The largest absolute Gasteiger partial charge is 0.334 e. The summed E-state index contributed by atoms with van der Waals surface area (Å²) in [4.78, 5) is 21.1. The van der Waals surface area contributed by atoms with Gasteiger partial charge < -0.3 is 4.90 Å². The number of carbonyl (C=O) groups excluding carboxylic acids is 1. The second-order valence-electron chi connectivity index (χ2n) is 7.47. The first-order valence-corrected chi connectivity index (χ1v) is 11.0. The van der Waals surface area contributed by atoms with E-state index in [0.29, 0.717) is 5.69 Å². The number of aromatic nitrogens is 4. The van der Waals surface area contributed by atoms with E-state index in [9.17, 15) is 4.79 Å². The van der Waals surface area contributed by atoms with Crippen molar-refractivity contribution in [3.8, 4) is 11.3 Å². The molecule has 1 aromatic carbocycles. The zero-order valence-electron chi connectivity index (χ0n) is 16.1. The fraction of sp³-hybridized carbons (Fsp3) is 0.318. The van der Waals surface area contributed by atoms with Gasteiger partial charge in [0.25, 0.3) is 5.91 Å². The second-order valence-corrected chi connectivity index (χ2v) is 8.31. The highest BCUT2D eigenvalue weighted by Gasteiger charge is 2.29. The van der Waals surface area contributed by atoms with E-state index >= 15 is 0 Å². The number of aryl methyl sites for hydroxylation is 1. The maximum absolute atomic E-state index is 13.5. The van der Waals surface area contributed by atoms with Crippen LogP contribution in [0.15, 0.2) is 60.4 Å². The van der Waals surface area contributed by atoms with Gasteiger partial charge in [-0.3, -0.25) is 13.9 Å². The molecule has 0 N–H and O–H groups in total. The lowest BCUT2D eigenvalue weighted by Crippen LogP contribution is -2.44. The fourth-order valence-corrected chi connectivity index (χ4v) is 4.96. The molecule has 0 radical (unpaired) electrons. The van der Waals surface area contributed by atoms with Gasteiger partial charge in [0.05, 0.1) is 5.69 Å². The third-order valence-electron chi connectivity index (χ3n) is 5.64. The Bertz CT molecular complexity index is 1100. The Morgan fingerprint density at radius 1 is 1.17 bits per heavy atom. The molecule has 1 unspecified atom stereocenters. The summed E-state index contributed by atoms with van der Waals surface area (Å²) >= 11 is 1.52. The zero-order valence-corrected chi connectivity index (χ0v) is 17.0. The van der Waals surface area contributed by atoms with Gasteiger partial charge in [0.1, 0.15) is 5.69 Å². The number of carbonyl (C=O) groups is 1. The molecule has 29 heavy (non-hydrogen) atoms. The first-order chi connectivity index (χ1) is 14.3. The molecule has 6 nitrogen and oxygen atoms in total. The van der Waals surface area contributed by atoms with Gasteiger partial charge in [0.15, 0.2) is 4.96 Å². The van der Waals surface area contributed by atoms with Gasteiger partial charge in [-0.1, -0.05) is 30.3 Å². The van der Waals surface area contributed by atoms with Crippen LogP contribution in [0.3, 0.4) is 0 Å². The normalized spacial score (nSPS) is 17.1. The number of rotatable bonds is 5. The molecule has 0 saturated carbocycles. The van der Waals surface area contributed by atoms with Gasteiger partial charge in [0, 0.05) is 48.7 Å². The summed E-state index contributed by atoms with van der Waals surface area (Å²) in [5.74, 6) is 0.110. The number of piperidine rings is 1. The third-order valence-corrected chi connectivity index (χ3v) is 6.48. The molecule has 3 aromatic heterocycles. The van der Waals surface area contributed by atoms with E-state index in [4.69, 9.17) is 4.98 Å². The van der Waals surface area contributed by atoms with Crippen molar-refractivity contribution in [2.45, 2.75) is 38.3 Å². The highest BCUT2D eigenvalue weighted by Crippen LogP contribution is 2.27. The van der Waals surface area contributed by atoms with Crippen LogP contribution in [-0.4, -0.2) is 42.6 Å². The van der Waals surface area contributed by atoms with Gasteiger partial charge in [-0.2, -0.15) is 5.10 Å².